The van der Waals surface area contributed by atoms with E-state index in [1.165, 1.54) is 6.92 Å². The number of hydrogen-bond acceptors (Lipinski definition) is 5. The van der Waals surface area contributed by atoms with Crippen molar-refractivity contribution in [1.82, 2.24) is 0 Å². The van der Waals surface area contributed by atoms with Gasteiger partial charge >= 0.3 is 15.2 Å². The van der Waals surface area contributed by atoms with Crippen molar-refractivity contribution in [3.8, 4) is 0 Å². The van der Waals surface area contributed by atoms with Gasteiger partial charge < -0.3 is 23.9 Å². The maximum Gasteiger partial charge on any atom is 0.371 e. The Morgan fingerprint density at radius 2 is 1.71 bits per heavy atom. The summed E-state index contributed by atoms with van der Waals surface area (Å²) in [5.41, 5.74) is 0. The van der Waals surface area contributed by atoms with E-state index in [2.05, 4.69) is 9.05 Å². The summed E-state index contributed by atoms with van der Waals surface area (Å²) >= 11 is 0. The predicted molar refractivity (Wildman–Crippen MR) is 48.9 cm³/mol. The lowest BCUT2D eigenvalue weighted by Crippen LogP contribution is -2.26. The zero-order chi connectivity index (χ0) is 11.6. The van der Waals surface area contributed by atoms with Crippen molar-refractivity contribution in [3.05, 3.63) is 0 Å². The van der Waals surface area contributed by atoms with Crippen LogP contribution in [0.3, 0.4) is 0 Å². The molecule has 0 fully saturated rings. The average molecular weight is 248 g/mol. The first kappa shape index (κ1) is 14.3. The fraction of sp³-hybridized carbons (Fsp3) is 1.00. The third-order valence-corrected chi connectivity index (χ3v) is 6.38. The van der Waals surface area contributed by atoms with Crippen LogP contribution >= 0.6 is 15.2 Å². The molecular formula is C5H14O7P2. The van der Waals surface area contributed by atoms with Gasteiger partial charge in [-0.3, -0.25) is 9.13 Å². The van der Waals surface area contributed by atoms with Crippen LogP contribution in [0.4, 0.5) is 0 Å². The molecule has 0 aliphatic heterocycles. The maximum absolute atomic E-state index is 11.3. The summed E-state index contributed by atoms with van der Waals surface area (Å²) in [5.74, 6) is 0. The minimum absolute atomic E-state index is 0.173. The molecule has 0 aromatic carbocycles. The highest BCUT2D eigenvalue weighted by Crippen LogP contribution is 2.71. The van der Waals surface area contributed by atoms with E-state index in [1.807, 2.05) is 0 Å². The van der Waals surface area contributed by atoms with Crippen LogP contribution in [0.5, 0.6) is 0 Å². The molecule has 3 unspecified atom stereocenters. The van der Waals surface area contributed by atoms with Crippen LogP contribution in [0.25, 0.3) is 0 Å². The molecule has 0 amide bonds. The normalized spacial score (nSPS) is 24.7. The molecule has 0 saturated carbocycles. The Labute approximate surface area is 81.7 Å². The minimum Gasteiger partial charge on any atom is -0.368 e. The molecule has 14 heavy (non-hydrogen) atoms. The predicted octanol–water partition coefficient (Wildman–Crippen LogP) is 0.706. The first-order valence-electron chi connectivity index (χ1n) is 3.71. The van der Waals surface area contributed by atoms with Crippen LogP contribution in [-0.2, 0) is 18.2 Å². The fourth-order valence-corrected chi connectivity index (χ4v) is 3.27. The second-order valence-electron chi connectivity index (χ2n) is 2.61. The third-order valence-electron chi connectivity index (χ3n) is 1.62. The van der Waals surface area contributed by atoms with E-state index in [0.717, 1.165) is 7.11 Å². The molecule has 0 aromatic rings. The Balaban J connectivity index is 5.14. The van der Waals surface area contributed by atoms with Crippen molar-refractivity contribution in [2.24, 2.45) is 0 Å². The molecule has 9 heteroatoms. The Morgan fingerprint density at radius 3 is 2.00 bits per heavy atom. The van der Waals surface area contributed by atoms with E-state index in [4.69, 9.17) is 4.89 Å². The second kappa shape index (κ2) is 4.41. The largest absolute Gasteiger partial charge is 0.371 e. The van der Waals surface area contributed by atoms with Crippen LogP contribution < -0.4 is 0 Å². The number of aliphatic hydroxyl groups is 1. The number of hydrogen-bond donors (Lipinski definition) is 3. The molecule has 7 nitrogen and oxygen atoms in total. The second-order valence-corrected chi connectivity index (χ2v) is 7.41. The molecule has 0 rings (SSSR count). The molecular weight excluding hydrogens is 234 g/mol. The molecule has 0 bridgehead atoms. The van der Waals surface area contributed by atoms with E-state index in [9.17, 15) is 19.1 Å². The van der Waals surface area contributed by atoms with E-state index in [-0.39, 0.29) is 6.61 Å². The summed E-state index contributed by atoms with van der Waals surface area (Å²) in [7, 11) is -8.38. The van der Waals surface area contributed by atoms with Gasteiger partial charge in [-0.2, -0.15) is 0 Å². The molecule has 86 valence electrons. The lowest BCUT2D eigenvalue weighted by molar-refractivity contribution is 0.124. The van der Waals surface area contributed by atoms with Gasteiger partial charge in [-0.1, -0.05) is 0 Å². The molecule has 0 radical (unpaired) electrons. The van der Waals surface area contributed by atoms with E-state index in [0.29, 0.717) is 6.92 Å². The topological polar surface area (TPSA) is 113 Å². The monoisotopic (exact) mass is 248 g/mol. The molecule has 0 spiro atoms. The standard InChI is InChI=1S/C5H14O7P2/c1-4-12-14(9,10)5(2,6)13(7,8)11-3/h6H,4H2,1-3H3,(H,7,8)(H,9,10). The van der Waals surface area contributed by atoms with Crippen molar-refractivity contribution < 1.29 is 33.1 Å². The average Bonchev–Trinajstić information content (AvgIpc) is 2.03. The van der Waals surface area contributed by atoms with Crippen LogP contribution in [0.2, 0.25) is 0 Å². The van der Waals surface area contributed by atoms with Crippen molar-refractivity contribution in [1.29, 1.82) is 0 Å². The lowest BCUT2D eigenvalue weighted by atomic mass is 10.9. The first-order valence-corrected chi connectivity index (χ1v) is 6.86. The summed E-state index contributed by atoms with van der Waals surface area (Å²) in [6.07, 6.45) is 0. The van der Waals surface area contributed by atoms with Gasteiger partial charge in [0.15, 0.2) is 0 Å². The molecule has 0 saturated heterocycles. The van der Waals surface area contributed by atoms with Gasteiger partial charge in [0.25, 0.3) is 5.08 Å². The van der Waals surface area contributed by atoms with Crippen LogP contribution in [-0.4, -0.2) is 33.7 Å². The van der Waals surface area contributed by atoms with Crippen molar-refractivity contribution in [3.63, 3.8) is 0 Å². The van der Waals surface area contributed by atoms with Crippen molar-refractivity contribution in [2.75, 3.05) is 13.7 Å². The van der Waals surface area contributed by atoms with Gasteiger partial charge in [0.1, 0.15) is 0 Å². The summed E-state index contributed by atoms with van der Waals surface area (Å²) < 4.78 is 30.9. The smallest absolute Gasteiger partial charge is 0.368 e. The van der Waals surface area contributed by atoms with Crippen LogP contribution in [0, 0.1) is 0 Å². The Kier molecular flexibility index (Phi) is 4.49. The Morgan fingerprint density at radius 1 is 1.29 bits per heavy atom. The molecule has 0 aliphatic rings. The third kappa shape index (κ3) is 2.44. The molecule has 3 N–H and O–H groups in total. The Hall–Kier alpha value is 0.260. The van der Waals surface area contributed by atoms with Crippen molar-refractivity contribution in [2.45, 2.75) is 18.9 Å². The van der Waals surface area contributed by atoms with Crippen molar-refractivity contribution >= 4 is 15.2 Å². The zero-order valence-electron chi connectivity index (χ0n) is 8.08. The summed E-state index contributed by atoms with van der Waals surface area (Å²) in [5, 5.41) is 6.60. The highest BCUT2D eigenvalue weighted by atomic mass is 31.2. The molecule has 0 aromatic heterocycles. The van der Waals surface area contributed by atoms with Gasteiger partial charge in [-0.05, 0) is 13.8 Å². The van der Waals surface area contributed by atoms with Gasteiger partial charge in [0, 0.05) is 7.11 Å². The highest BCUT2D eigenvalue weighted by Gasteiger charge is 2.58. The van der Waals surface area contributed by atoms with Gasteiger partial charge in [-0.25, -0.2) is 0 Å². The van der Waals surface area contributed by atoms with Gasteiger partial charge in [0.2, 0.25) is 0 Å². The van der Waals surface area contributed by atoms with Crippen LogP contribution in [0.1, 0.15) is 13.8 Å². The summed E-state index contributed by atoms with van der Waals surface area (Å²) in [4.78, 5) is 18.3. The molecule has 0 heterocycles. The van der Waals surface area contributed by atoms with E-state index < -0.39 is 20.3 Å². The SMILES string of the molecule is CCOP(=O)(O)C(C)(O)P(=O)(O)OC. The van der Waals surface area contributed by atoms with E-state index in [1.54, 1.807) is 0 Å². The first-order chi connectivity index (χ1) is 6.12. The lowest BCUT2D eigenvalue weighted by Gasteiger charge is -2.29. The van der Waals surface area contributed by atoms with Crippen LogP contribution in [0.15, 0.2) is 0 Å². The van der Waals surface area contributed by atoms with Gasteiger partial charge in [-0.15, -0.1) is 0 Å². The van der Waals surface area contributed by atoms with E-state index >= 15 is 0 Å². The Bertz CT molecular complexity index is 286. The fourth-order valence-electron chi connectivity index (χ4n) is 0.630. The minimum atomic E-state index is -4.62. The zero-order valence-corrected chi connectivity index (χ0v) is 9.87. The van der Waals surface area contributed by atoms with Gasteiger partial charge in [0.05, 0.1) is 6.61 Å². The summed E-state index contributed by atoms with van der Waals surface area (Å²) in [6, 6.07) is 0. The number of rotatable bonds is 5. The summed E-state index contributed by atoms with van der Waals surface area (Å²) in [6.45, 7) is 1.95. The maximum atomic E-state index is 11.3. The highest BCUT2D eigenvalue weighted by molar-refractivity contribution is 7.72. The molecule has 3 atom stereocenters. The quantitative estimate of drug-likeness (QED) is 0.613. The molecule has 0 aliphatic carbocycles.